The van der Waals surface area contributed by atoms with Crippen molar-refractivity contribution in [3.8, 4) is 0 Å². The molecular weight excluding hydrogens is 272 g/mol. The first-order valence-electron chi connectivity index (χ1n) is 5.66. The molecule has 2 rings (SSSR count). The quantitative estimate of drug-likeness (QED) is 0.913. The topological polar surface area (TPSA) is 38.9 Å². The minimum Gasteiger partial charge on any atom is -0.375 e. The number of hydrogen-bond donors (Lipinski definition) is 1. The highest BCUT2D eigenvalue weighted by molar-refractivity contribution is 9.10. The van der Waals surface area contributed by atoms with Gasteiger partial charge in [0.15, 0.2) is 5.13 Å². The van der Waals surface area contributed by atoms with Crippen LogP contribution in [0.5, 0.6) is 0 Å². The average Bonchev–Trinajstić information content (AvgIpc) is 2.56. The number of hydrogen-bond acceptors (Lipinski definition) is 3. The highest BCUT2D eigenvalue weighted by Gasteiger charge is 2.15. The lowest BCUT2D eigenvalue weighted by Crippen LogP contribution is -2.06. The molecule has 0 spiro atoms. The van der Waals surface area contributed by atoms with Crippen molar-refractivity contribution >= 4 is 32.4 Å². The van der Waals surface area contributed by atoms with Gasteiger partial charge in [0.25, 0.3) is 0 Å². The molecule has 15 heavy (non-hydrogen) atoms. The number of nitrogens with zero attached hydrogens (tertiary/aromatic N) is 1. The van der Waals surface area contributed by atoms with Gasteiger partial charge in [-0.25, -0.2) is 4.98 Å². The summed E-state index contributed by atoms with van der Waals surface area (Å²) in [6, 6.07) is 0. The Kier molecular flexibility index (Phi) is 4.03. The van der Waals surface area contributed by atoms with Crippen LogP contribution in [-0.2, 0) is 6.42 Å². The maximum absolute atomic E-state index is 5.67. The molecule has 0 unspecified atom stereocenters. The van der Waals surface area contributed by atoms with Gasteiger partial charge in [0.1, 0.15) is 4.60 Å². The molecule has 0 amide bonds. The molecule has 1 aliphatic rings. The summed E-state index contributed by atoms with van der Waals surface area (Å²) in [6.45, 7) is 0. The first-order valence-corrected chi connectivity index (χ1v) is 7.27. The van der Waals surface area contributed by atoms with Crippen LogP contribution in [0.1, 0.15) is 43.4 Å². The van der Waals surface area contributed by atoms with E-state index >= 15 is 0 Å². The van der Waals surface area contributed by atoms with E-state index in [0.29, 0.717) is 5.13 Å². The molecule has 84 valence electrons. The second-order valence-electron chi connectivity index (χ2n) is 4.31. The van der Waals surface area contributed by atoms with Crippen LogP contribution in [0, 0.1) is 5.92 Å². The minimum atomic E-state index is 0.681. The van der Waals surface area contributed by atoms with Crippen LogP contribution in [0.2, 0.25) is 0 Å². The van der Waals surface area contributed by atoms with Crippen molar-refractivity contribution in [3.05, 3.63) is 9.48 Å². The summed E-state index contributed by atoms with van der Waals surface area (Å²) in [5.41, 5.74) is 5.67. The van der Waals surface area contributed by atoms with Crippen LogP contribution in [0.15, 0.2) is 4.60 Å². The number of anilines is 1. The van der Waals surface area contributed by atoms with Crippen LogP contribution < -0.4 is 5.73 Å². The number of halogens is 1. The van der Waals surface area contributed by atoms with Crippen molar-refractivity contribution in [1.82, 2.24) is 4.98 Å². The normalized spacial score (nSPS) is 18.2. The van der Waals surface area contributed by atoms with Gasteiger partial charge in [0, 0.05) is 4.88 Å². The highest BCUT2D eigenvalue weighted by Crippen LogP contribution is 2.31. The lowest BCUT2D eigenvalue weighted by molar-refractivity contribution is 0.340. The predicted octanol–water partition coefficient (Wildman–Crippen LogP) is 4.00. The van der Waals surface area contributed by atoms with Crippen LogP contribution in [-0.4, -0.2) is 4.98 Å². The van der Waals surface area contributed by atoms with E-state index in [2.05, 4.69) is 20.9 Å². The molecule has 4 heteroatoms. The summed E-state index contributed by atoms with van der Waals surface area (Å²) in [4.78, 5) is 5.51. The Morgan fingerprint density at radius 2 is 2.07 bits per heavy atom. The lowest BCUT2D eigenvalue weighted by atomic mass is 9.86. The van der Waals surface area contributed by atoms with E-state index in [9.17, 15) is 0 Å². The summed E-state index contributed by atoms with van der Waals surface area (Å²) >= 11 is 5.08. The number of rotatable bonds is 3. The number of thiazole rings is 1. The molecule has 2 N–H and O–H groups in total. The fourth-order valence-electron chi connectivity index (χ4n) is 2.32. The maximum Gasteiger partial charge on any atom is 0.181 e. The molecule has 0 radical (unpaired) electrons. The summed E-state index contributed by atoms with van der Waals surface area (Å²) in [5, 5.41) is 0.681. The van der Waals surface area contributed by atoms with E-state index in [1.165, 1.54) is 43.4 Å². The average molecular weight is 289 g/mol. The Balaban J connectivity index is 1.84. The third-order valence-corrected chi connectivity index (χ3v) is 5.03. The standard InChI is InChI=1S/C11H17BrN2S/c12-10-9(15-11(13)14-10)7-6-8-4-2-1-3-5-8/h8H,1-7H2,(H2,13,14). The molecule has 0 aliphatic heterocycles. The molecule has 1 aromatic heterocycles. The van der Waals surface area contributed by atoms with Gasteiger partial charge in [-0.2, -0.15) is 0 Å². The molecule has 1 saturated carbocycles. The van der Waals surface area contributed by atoms with Crippen molar-refractivity contribution in [2.45, 2.75) is 44.9 Å². The van der Waals surface area contributed by atoms with Gasteiger partial charge in [-0.3, -0.25) is 0 Å². The SMILES string of the molecule is Nc1nc(Br)c(CCC2CCCCC2)s1. The van der Waals surface area contributed by atoms with Crippen molar-refractivity contribution in [1.29, 1.82) is 0 Å². The van der Waals surface area contributed by atoms with Crippen molar-refractivity contribution in [2.75, 3.05) is 5.73 Å². The molecule has 0 bridgehead atoms. The summed E-state index contributed by atoms with van der Waals surface area (Å²) < 4.78 is 0.959. The van der Waals surface area contributed by atoms with Gasteiger partial charge in [-0.05, 0) is 34.7 Å². The van der Waals surface area contributed by atoms with E-state index in [4.69, 9.17) is 5.73 Å². The van der Waals surface area contributed by atoms with E-state index < -0.39 is 0 Å². The Labute approximate surface area is 103 Å². The van der Waals surface area contributed by atoms with Gasteiger partial charge in [-0.15, -0.1) is 11.3 Å². The van der Waals surface area contributed by atoms with Gasteiger partial charge in [0.2, 0.25) is 0 Å². The van der Waals surface area contributed by atoms with Gasteiger partial charge < -0.3 is 5.73 Å². The van der Waals surface area contributed by atoms with Gasteiger partial charge >= 0.3 is 0 Å². The molecule has 0 aromatic carbocycles. The molecule has 1 aliphatic carbocycles. The summed E-state index contributed by atoms with van der Waals surface area (Å²) in [6.07, 6.45) is 9.58. The van der Waals surface area contributed by atoms with Crippen molar-refractivity contribution in [2.24, 2.45) is 5.92 Å². The highest BCUT2D eigenvalue weighted by atomic mass is 79.9. The third kappa shape index (κ3) is 3.18. The Bertz CT molecular complexity index is 318. The van der Waals surface area contributed by atoms with Crippen molar-refractivity contribution < 1.29 is 0 Å². The van der Waals surface area contributed by atoms with Crippen LogP contribution in [0.25, 0.3) is 0 Å². The van der Waals surface area contributed by atoms with Gasteiger partial charge in [0.05, 0.1) is 0 Å². The van der Waals surface area contributed by atoms with Crippen LogP contribution >= 0.6 is 27.3 Å². The smallest absolute Gasteiger partial charge is 0.181 e. The largest absolute Gasteiger partial charge is 0.375 e. The Hall–Kier alpha value is -0.0900. The van der Waals surface area contributed by atoms with E-state index in [0.717, 1.165) is 16.9 Å². The van der Waals surface area contributed by atoms with Gasteiger partial charge in [-0.1, -0.05) is 32.1 Å². The number of nitrogens with two attached hydrogens (primary N) is 1. The molecule has 0 atom stereocenters. The second kappa shape index (κ2) is 5.30. The number of aromatic nitrogens is 1. The predicted molar refractivity (Wildman–Crippen MR) is 69.1 cm³/mol. The summed E-state index contributed by atoms with van der Waals surface area (Å²) in [7, 11) is 0. The lowest BCUT2D eigenvalue weighted by Gasteiger charge is -2.20. The fourth-order valence-corrected chi connectivity index (χ4v) is 3.80. The number of aryl methyl sites for hydroxylation is 1. The maximum atomic E-state index is 5.67. The van der Waals surface area contributed by atoms with Crippen LogP contribution in [0.4, 0.5) is 5.13 Å². The minimum absolute atomic E-state index is 0.681. The van der Waals surface area contributed by atoms with E-state index in [1.54, 1.807) is 11.3 Å². The Morgan fingerprint density at radius 1 is 1.33 bits per heavy atom. The molecule has 1 heterocycles. The van der Waals surface area contributed by atoms with Crippen LogP contribution in [0.3, 0.4) is 0 Å². The molecule has 1 fully saturated rings. The zero-order valence-electron chi connectivity index (χ0n) is 8.84. The summed E-state index contributed by atoms with van der Waals surface area (Å²) in [5.74, 6) is 0.939. The number of nitrogen functional groups attached to an aromatic ring is 1. The third-order valence-electron chi connectivity index (χ3n) is 3.17. The molecule has 1 aromatic rings. The monoisotopic (exact) mass is 288 g/mol. The first-order chi connectivity index (χ1) is 7.25. The zero-order valence-corrected chi connectivity index (χ0v) is 11.2. The Morgan fingerprint density at radius 3 is 2.67 bits per heavy atom. The molecule has 2 nitrogen and oxygen atoms in total. The van der Waals surface area contributed by atoms with E-state index in [1.807, 2.05) is 0 Å². The molecular formula is C11H17BrN2S. The van der Waals surface area contributed by atoms with Crippen molar-refractivity contribution in [3.63, 3.8) is 0 Å². The van der Waals surface area contributed by atoms with E-state index in [-0.39, 0.29) is 0 Å². The fraction of sp³-hybridized carbons (Fsp3) is 0.727. The second-order valence-corrected chi connectivity index (χ2v) is 6.18. The first kappa shape index (κ1) is 11.4. The molecule has 0 saturated heterocycles. The zero-order chi connectivity index (χ0) is 10.7.